The zero-order chi connectivity index (χ0) is 31.1. The quantitative estimate of drug-likeness (QED) is 0.113. The van der Waals surface area contributed by atoms with Gasteiger partial charge in [0, 0.05) is 23.4 Å². The number of halogens is 3. The minimum absolute atomic E-state index is 0.0268. The van der Waals surface area contributed by atoms with Gasteiger partial charge < -0.3 is 18.6 Å². The van der Waals surface area contributed by atoms with Crippen LogP contribution >= 0.6 is 0 Å². The number of hydrogen-bond donors (Lipinski definition) is 0. The Morgan fingerprint density at radius 3 is 2.31 bits per heavy atom. The van der Waals surface area contributed by atoms with Crippen LogP contribution in [-0.4, -0.2) is 32.5 Å². The van der Waals surface area contributed by atoms with E-state index in [1.807, 2.05) is 39.0 Å². The van der Waals surface area contributed by atoms with Gasteiger partial charge in [0.2, 0.25) is 0 Å². The minimum Gasteiger partial charge on any atom is -0.496 e. The van der Waals surface area contributed by atoms with Gasteiger partial charge in [0.05, 0.1) is 12.7 Å². The number of carbonyl (C=O) groups is 1. The largest absolute Gasteiger partial charge is 0.496 e. The molecule has 230 valence electrons. The van der Waals surface area contributed by atoms with Gasteiger partial charge in [-0.3, -0.25) is 4.79 Å². The zero-order valence-electron chi connectivity index (χ0n) is 25.3. The Balaban J connectivity index is 1.77. The number of benzene rings is 2. The fraction of sp³-hybridized carbons (Fsp3) is 0.515. The van der Waals surface area contributed by atoms with Gasteiger partial charge in [-0.1, -0.05) is 52.7 Å². The predicted molar refractivity (Wildman–Crippen MR) is 157 cm³/mol. The first kappa shape index (κ1) is 33.0. The molecule has 0 bridgehead atoms. The van der Waals surface area contributed by atoms with Crippen molar-refractivity contribution in [2.24, 2.45) is 10.8 Å². The van der Waals surface area contributed by atoms with Crippen LogP contribution < -0.4 is 15.1 Å². The second kappa shape index (κ2) is 13.7. The van der Waals surface area contributed by atoms with E-state index < -0.39 is 36.4 Å². The number of esters is 1. The molecule has 0 fully saturated rings. The summed E-state index contributed by atoms with van der Waals surface area (Å²) in [7, 11) is 1.54. The molecule has 6 nitrogen and oxygen atoms in total. The number of ether oxygens (including phenoxy) is 3. The Kier molecular flexibility index (Phi) is 10.7. The van der Waals surface area contributed by atoms with E-state index in [1.165, 1.54) is 12.1 Å². The van der Waals surface area contributed by atoms with E-state index in [4.69, 9.17) is 18.6 Å². The lowest BCUT2D eigenvalue weighted by Gasteiger charge is -2.31. The molecule has 0 amide bonds. The van der Waals surface area contributed by atoms with Gasteiger partial charge in [-0.2, -0.15) is 13.2 Å². The summed E-state index contributed by atoms with van der Waals surface area (Å²) in [5, 5.41) is 0.567. The number of alkyl halides is 3. The molecule has 1 aromatic heterocycles. The molecule has 0 radical (unpaired) electrons. The average Bonchev–Trinajstić information content (AvgIpc) is 2.92. The van der Waals surface area contributed by atoms with Crippen LogP contribution in [0.4, 0.5) is 13.2 Å². The maximum atomic E-state index is 14.0. The zero-order valence-corrected chi connectivity index (χ0v) is 25.3. The van der Waals surface area contributed by atoms with Gasteiger partial charge in [-0.25, -0.2) is 4.79 Å². The molecule has 0 aliphatic carbocycles. The highest BCUT2D eigenvalue weighted by Gasteiger charge is 2.53. The molecule has 0 spiro atoms. The molecular weight excluding hydrogens is 549 g/mol. The molecule has 1 atom stereocenters. The van der Waals surface area contributed by atoms with E-state index in [2.05, 4.69) is 6.92 Å². The third-order valence-corrected chi connectivity index (χ3v) is 7.21. The predicted octanol–water partition coefficient (Wildman–Crippen LogP) is 8.52. The Labute approximate surface area is 245 Å². The van der Waals surface area contributed by atoms with E-state index in [0.29, 0.717) is 28.7 Å². The van der Waals surface area contributed by atoms with Crippen molar-refractivity contribution in [3.8, 4) is 22.6 Å². The van der Waals surface area contributed by atoms with Crippen LogP contribution in [0.2, 0.25) is 0 Å². The van der Waals surface area contributed by atoms with Gasteiger partial charge in [-0.05, 0) is 61.4 Å². The van der Waals surface area contributed by atoms with Crippen LogP contribution in [0.25, 0.3) is 22.1 Å². The standard InChI is InChI=1S/C33H41F3O6/c1-7-8-9-10-22-11-14-25(28(17-22)39-6)26-18-23-12-13-24(19-27(23)42-30(26)38)40-20-32(5,33(34,35)36)21-41-29(37)15-16-31(2,3)4/h11-14,17-19H,7-10,15-16,20-21H2,1-6H3. The summed E-state index contributed by atoms with van der Waals surface area (Å²) in [4.78, 5) is 25.0. The van der Waals surface area contributed by atoms with Crippen molar-refractivity contribution in [1.29, 1.82) is 0 Å². The minimum atomic E-state index is -4.69. The van der Waals surface area contributed by atoms with Crippen LogP contribution in [0.5, 0.6) is 11.5 Å². The van der Waals surface area contributed by atoms with Gasteiger partial charge in [0.1, 0.15) is 35.7 Å². The smallest absolute Gasteiger partial charge is 0.400 e. The Morgan fingerprint density at radius 2 is 1.67 bits per heavy atom. The Morgan fingerprint density at radius 1 is 0.929 bits per heavy atom. The molecule has 2 aromatic carbocycles. The average molecular weight is 591 g/mol. The maximum absolute atomic E-state index is 14.0. The van der Waals surface area contributed by atoms with E-state index in [1.54, 1.807) is 19.2 Å². The molecule has 1 heterocycles. The number of aryl methyl sites for hydroxylation is 1. The Hall–Kier alpha value is -3.49. The van der Waals surface area contributed by atoms with Gasteiger partial charge in [0.25, 0.3) is 0 Å². The van der Waals surface area contributed by atoms with Crippen LogP contribution in [0, 0.1) is 10.8 Å². The van der Waals surface area contributed by atoms with Gasteiger partial charge in [-0.15, -0.1) is 0 Å². The number of rotatable bonds is 13. The van der Waals surface area contributed by atoms with E-state index in [0.717, 1.165) is 38.2 Å². The molecule has 42 heavy (non-hydrogen) atoms. The van der Waals surface area contributed by atoms with E-state index >= 15 is 0 Å². The van der Waals surface area contributed by atoms with Crippen molar-refractivity contribution in [3.63, 3.8) is 0 Å². The molecule has 3 aromatic rings. The third-order valence-electron chi connectivity index (χ3n) is 7.21. The normalized spacial score (nSPS) is 13.5. The summed E-state index contributed by atoms with van der Waals surface area (Å²) in [6, 6.07) is 11.9. The SMILES string of the molecule is CCCCCc1ccc(-c2cc3ccc(OCC(C)(COC(=O)CCC(C)(C)C)C(F)(F)F)cc3oc2=O)c(OC)c1. The lowest BCUT2D eigenvalue weighted by molar-refractivity contribution is -0.240. The molecule has 3 rings (SSSR count). The maximum Gasteiger partial charge on any atom is 0.400 e. The fourth-order valence-corrected chi connectivity index (χ4v) is 4.30. The van der Waals surface area contributed by atoms with Crippen LogP contribution in [0.3, 0.4) is 0 Å². The van der Waals surface area contributed by atoms with E-state index in [-0.39, 0.29) is 23.2 Å². The van der Waals surface area contributed by atoms with Crippen molar-refractivity contribution in [2.75, 3.05) is 20.3 Å². The molecule has 0 aliphatic heterocycles. The van der Waals surface area contributed by atoms with Crippen molar-refractivity contribution in [3.05, 3.63) is 58.4 Å². The summed E-state index contributed by atoms with van der Waals surface area (Å²) < 4.78 is 63.5. The van der Waals surface area contributed by atoms with Gasteiger partial charge in [0.15, 0.2) is 0 Å². The third kappa shape index (κ3) is 8.76. The summed E-state index contributed by atoms with van der Waals surface area (Å²) in [6.45, 7) is 7.23. The molecule has 9 heteroatoms. The number of hydrogen-bond acceptors (Lipinski definition) is 6. The van der Waals surface area contributed by atoms with Crippen molar-refractivity contribution in [2.45, 2.75) is 79.3 Å². The summed E-state index contributed by atoms with van der Waals surface area (Å²) in [6.07, 6.45) is 0.0455. The first-order valence-electron chi connectivity index (χ1n) is 14.3. The van der Waals surface area contributed by atoms with Crippen molar-refractivity contribution in [1.82, 2.24) is 0 Å². The lowest BCUT2D eigenvalue weighted by atomic mass is 9.90. The number of unbranched alkanes of at least 4 members (excludes halogenated alkanes) is 2. The van der Waals surface area contributed by atoms with Gasteiger partial charge >= 0.3 is 17.8 Å². The number of carbonyl (C=O) groups excluding carboxylic acids is 1. The monoisotopic (exact) mass is 590 g/mol. The topological polar surface area (TPSA) is 75.0 Å². The second-order valence-electron chi connectivity index (χ2n) is 12.2. The number of methoxy groups -OCH3 is 1. The molecule has 0 N–H and O–H groups in total. The molecule has 0 aliphatic rings. The highest BCUT2D eigenvalue weighted by molar-refractivity contribution is 5.84. The first-order valence-corrected chi connectivity index (χ1v) is 14.3. The fourth-order valence-electron chi connectivity index (χ4n) is 4.30. The highest BCUT2D eigenvalue weighted by atomic mass is 19.4. The van der Waals surface area contributed by atoms with Crippen molar-refractivity contribution >= 4 is 16.9 Å². The summed E-state index contributed by atoms with van der Waals surface area (Å²) in [5.74, 6) is -0.0467. The molecular formula is C33H41F3O6. The highest BCUT2D eigenvalue weighted by Crippen LogP contribution is 2.39. The summed E-state index contributed by atoms with van der Waals surface area (Å²) >= 11 is 0. The number of fused-ring (bicyclic) bond motifs is 1. The van der Waals surface area contributed by atoms with Crippen LogP contribution in [0.1, 0.15) is 72.3 Å². The molecule has 1 unspecified atom stereocenters. The van der Waals surface area contributed by atoms with Crippen LogP contribution in [0.15, 0.2) is 51.7 Å². The second-order valence-corrected chi connectivity index (χ2v) is 12.2. The molecule has 0 saturated carbocycles. The van der Waals surface area contributed by atoms with Crippen molar-refractivity contribution < 1.29 is 36.6 Å². The molecule has 0 saturated heterocycles. The lowest BCUT2D eigenvalue weighted by Crippen LogP contribution is -2.44. The van der Waals surface area contributed by atoms with E-state index in [9.17, 15) is 22.8 Å². The summed E-state index contributed by atoms with van der Waals surface area (Å²) in [5.41, 5.74) is -1.02. The Bertz CT molecular complexity index is 1420. The first-order chi connectivity index (χ1) is 19.7. The van der Waals surface area contributed by atoms with Crippen LogP contribution in [-0.2, 0) is 16.0 Å².